The lowest BCUT2D eigenvalue weighted by atomic mass is 9.92. The van der Waals surface area contributed by atoms with Crippen molar-refractivity contribution in [2.75, 3.05) is 7.11 Å². The summed E-state index contributed by atoms with van der Waals surface area (Å²) in [7, 11) is 1.64. The molecule has 0 fully saturated rings. The molecule has 92 valence electrons. The van der Waals surface area contributed by atoms with Crippen molar-refractivity contribution >= 4 is 11.5 Å². The highest BCUT2D eigenvalue weighted by Gasteiger charge is 2.12. The van der Waals surface area contributed by atoms with Crippen molar-refractivity contribution in [1.29, 1.82) is 0 Å². The maximum absolute atomic E-state index is 10.7. The molecule has 0 saturated carbocycles. The minimum absolute atomic E-state index is 0.762. The number of methoxy groups -OCH3 is 1. The highest BCUT2D eigenvalue weighted by molar-refractivity contribution is 5.90. The van der Waals surface area contributed by atoms with Crippen LogP contribution in [0.3, 0.4) is 0 Å². The number of allylic oxidation sites excluding steroid dienone is 1. The third-order valence-corrected chi connectivity index (χ3v) is 3.00. The van der Waals surface area contributed by atoms with Crippen LogP contribution in [-0.2, 0) is 4.79 Å². The van der Waals surface area contributed by atoms with Crippen molar-refractivity contribution in [2.45, 2.75) is 27.7 Å². The lowest BCUT2D eigenvalue weighted by molar-refractivity contribution is -0.131. The zero-order valence-electron chi connectivity index (χ0n) is 10.9. The first-order valence-electron chi connectivity index (χ1n) is 5.44. The first-order valence-corrected chi connectivity index (χ1v) is 5.44. The van der Waals surface area contributed by atoms with Crippen LogP contribution in [0.2, 0.25) is 0 Å². The summed E-state index contributed by atoms with van der Waals surface area (Å²) in [6.45, 7) is 7.74. The van der Waals surface area contributed by atoms with Crippen molar-refractivity contribution in [1.82, 2.24) is 0 Å². The van der Waals surface area contributed by atoms with Gasteiger partial charge in [-0.25, -0.2) is 4.79 Å². The molecule has 3 heteroatoms. The largest absolute Gasteiger partial charge is 0.496 e. The Kier molecular flexibility index (Phi) is 3.94. The molecule has 0 spiro atoms. The molecule has 3 nitrogen and oxygen atoms in total. The summed E-state index contributed by atoms with van der Waals surface area (Å²) in [5.74, 6) is -0.0818. The number of carbonyl (C=O) groups is 1. The van der Waals surface area contributed by atoms with Gasteiger partial charge in [-0.1, -0.05) is 0 Å². The van der Waals surface area contributed by atoms with E-state index in [0.29, 0.717) is 0 Å². The zero-order chi connectivity index (χ0) is 13.2. The van der Waals surface area contributed by atoms with E-state index >= 15 is 0 Å². The van der Waals surface area contributed by atoms with Crippen molar-refractivity contribution in [2.24, 2.45) is 0 Å². The van der Waals surface area contributed by atoms with Gasteiger partial charge in [0.25, 0.3) is 0 Å². The number of aryl methyl sites for hydroxylation is 1. The molecule has 0 aromatic heterocycles. The molecule has 1 aromatic carbocycles. The fourth-order valence-corrected chi connectivity index (χ4v) is 2.12. The van der Waals surface area contributed by atoms with Crippen LogP contribution in [0.5, 0.6) is 5.75 Å². The minimum Gasteiger partial charge on any atom is -0.496 e. The second-order valence-electron chi connectivity index (χ2n) is 4.19. The normalized spacial score (nSPS) is 11.5. The quantitative estimate of drug-likeness (QED) is 0.817. The van der Waals surface area contributed by atoms with Crippen molar-refractivity contribution in [3.05, 3.63) is 34.4 Å². The van der Waals surface area contributed by atoms with Crippen molar-refractivity contribution < 1.29 is 14.6 Å². The van der Waals surface area contributed by atoms with E-state index in [-0.39, 0.29) is 0 Å². The topological polar surface area (TPSA) is 46.5 Å². The Morgan fingerprint density at radius 3 is 2.35 bits per heavy atom. The zero-order valence-corrected chi connectivity index (χ0v) is 10.9. The average molecular weight is 234 g/mol. The van der Waals surface area contributed by atoms with Crippen LogP contribution in [0.1, 0.15) is 29.2 Å². The summed E-state index contributed by atoms with van der Waals surface area (Å²) < 4.78 is 5.29. The van der Waals surface area contributed by atoms with E-state index in [1.807, 2.05) is 33.8 Å². The summed E-state index contributed by atoms with van der Waals surface area (Å²) in [6.07, 6.45) is 1.24. The van der Waals surface area contributed by atoms with Gasteiger partial charge in [0.2, 0.25) is 0 Å². The van der Waals surface area contributed by atoms with Crippen molar-refractivity contribution in [3.8, 4) is 5.75 Å². The van der Waals surface area contributed by atoms with Gasteiger partial charge in [0.05, 0.1) is 7.11 Å². The Morgan fingerprint density at radius 2 is 1.88 bits per heavy atom. The molecule has 1 N–H and O–H groups in total. The second-order valence-corrected chi connectivity index (χ2v) is 4.19. The molecule has 0 radical (unpaired) electrons. The lowest BCUT2D eigenvalue weighted by Gasteiger charge is -2.16. The summed E-state index contributed by atoms with van der Waals surface area (Å²) >= 11 is 0. The molecule has 0 saturated heterocycles. The smallest absolute Gasteiger partial charge is 0.328 e. The van der Waals surface area contributed by atoms with E-state index < -0.39 is 5.97 Å². The summed E-state index contributed by atoms with van der Waals surface area (Å²) in [6, 6.07) is 1.94. The fraction of sp³-hybridized carbons (Fsp3) is 0.357. The van der Waals surface area contributed by atoms with Gasteiger partial charge in [-0.2, -0.15) is 0 Å². The molecule has 0 unspecified atom stereocenters. The van der Waals surface area contributed by atoms with Crippen LogP contribution in [0.15, 0.2) is 12.1 Å². The van der Waals surface area contributed by atoms with E-state index in [9.17, 15) is 4.79 Å². The van der Waals surface area contributed by atoms with E-state index in [1.165, 1.54) is 6.08 Å². The standard InChI is InChI=1S/C14H18O3/c1-8-6-12(17-5)10(3)11(4)14(8)9(2)7-13(15)16/h6-7H,1-5H3,(H,15,16)/b9-7+. The van der Waals surface area contributed by atoms with Crippen LogP contribution in [0.4, 0.5) is 0 Å². The Labute approximate surface area is 102 Å². The highest BCUT2D eigenvalue weighted by Crippen LogP contribution is 2.31. The van der Waals surface area contributed by atoms with Gasteiger partial charge in [0.1, 0.15) is 5.75 Å². The van der Waals surface area contributed by atoms with Crippen LogP contribution < -0.4 is 4.74 Å². The molecule has 17 heavy (non-hydrogen) atoms. The number of carboxylic acid groups (broad SMARTS) is 1. The van der Waals surface area contributed by atoms with Gasteiger partial charge < -0.3 is 9.84 Å². The predicted octanol–water partition coefficient (Wildman–Crippen LogP) is 3.11. The molecule has 0 atom stereocenters. The number of ether oxygens (including phenoxy) is 1. The molecular weight excluding hydrogens is 216 g/mol. The Hall–Kier alpha value is -1.77. The number of aliphatic carboxylic acids is 1. The fourth-order valence-electron chi connectivity index (χ4n) is 2.12. The molecule has 1 rings (SSSR count). The molecular formula is C14H18O3. The molecule has 0 aliphatic rings. The average Bonchev–Trinajstić information content (AvgIpc) is 2.22. The SMILES string of the molecule is COc1cc(C)c(/C(C)=C/C(=O)O)c(C)c1C. The Balaban J connectivity index is 3.46. The second kappa shape index (κ2) is 5.04. The van der Waals surface area contributed by atoms with Gasteiger partial charge in [0, 0.05) is 6.08 Å². The maximum Gasteiger partial charge on any atom is 0.328 e. The maximum atomic E-state index is 10.7. The van der Waals surface area contributed by atoms with E-state index in [1.54, 1.807) is 7.11 Å². The lowest BCUT2D eigenvalue weighted by Crippen LogP contribution is -1.99. The molecule has 0 bridgehead atoms. The van der Waals surface area contributed by atoms with Gasteiger partial charge in [-0.05, 0) is 61.6 Å². The molecule has 0 heterocycles. The van der Waals surface area contributed by atoms with Gasteiger partial charge in [0.15, 0.2) is 0 Å². The molecule has 0 aliphatic carbocycles. The number of carboxylic acids is 1. The van der Waals surface area contributed by atoms with Gasteiger partial charge in [-0.15, -0.1) is 0 Å². The van der Waals surface area contributed by atoms with Crippen LogP contribution in [0, 0.1) is 20.8 Å². The number of rotatable bonds is 3. The van der Waals surface area contributed by atoms with E-state index in [0.717, 1.165) is 33.6 Å². The minimum atomic E-state index is -0.922. The van der Waals surface area contributed by atoms with Gasteiger partial charge >= 0.3 is 5.97 Å². The van der Waals surface area contributed by atoms with Crippen LogP contribution in [0.25, 0.3) is 5.57 Å². The summed E-state index contributed by atoms with van der Waals surface area (Å²) in [5, 5.41) is 8.80. The predicted molar refractivity (Wildman–Crippen MR) is 68.5 cm³/mol. The first-order chi connectivity index (χ1) is 7.88. The highest BCUT2D eigenvalue weighted by atomic mass is 16.5. The third kappa shape index (κ3) is 2.67. The number of hydrogen-bond acceptors (Lipinski definition) is 2. The van der Waals surface area contributed by atoms with Crippen LogP contribution >= 0.6 is 0 Å². The van der Waals surface area contributed by atoms with E-state index in [4.69, 9.17) is 9.84 Å². The Bertz CT molecular complexity index is 485. The Morgan fingerprint density at radius 1 is 1.29 bits per heavy atom. The molecule has 0 amide bonds. The van der Waals surface area contributed by atoms with E-state index in [2.05, 4.69) is 0 Å². The monoisotopic (exact) mass is 234 g/mol. The number of benzene rings is 1. The summed E-state index contributed by atoms with van der Waals surface area (Å²) in [5.41, 5.74) is 4.90. The first kappa shape index (κ1) is 13.3. The summed E-state index contributed by atoms with van der Waals surface area (Å²) in [4.78, 5) is 10.7. The van der Waals surface area contributed by atoms with Gasteiger partial charge in [-0.3, -0.25) is 0 Å². The molecule has 1 aromatic rings. The number of hydrogen-bond donors (Lipinski definition) is 1. The van der Waals surface area contributed by atoms with Crippen molar-refractivity contribution in [3.63, 3.8) is 0 Å². The molecule has 0 aliphatic heterocycles. The third-order valence-electron chi connectivity index (χ3n) is 3.00. The van der Waals surface area contributed by atoms with Crippen LogP contribution in [-0.4, -0.2) is 18.2 Å².